The minimum atomic E-state index is -3.02. The van der Waals surface area contributed by atoms with Gasteiger partial charge in [0, 0.05) is 17.1 Å². The van der Waals surface area contributed by atoms with Crippen molar-refractivity contribution in [1.29, 1.82) is 0 Å². The molecule has 1 aliphatic rings. The van der Waals surface area contributed by atoms with E-state index in [-0.39, 0.29) is 17.0 Å². The smallest absolute Gasteiger partial charge is 0.175 e. The van der Waals surface area contributed by atoms with Crippen LogP contribution in [0.2, 0.25) is 0 Å². The molecule has 1 aromatic heterocycles. The first-order valence-corrected chi connectivity index (χ1v) is 9.50. The van der Waals surface area contributed by atoms with Crippen molar-refractivity contribution in [3.63, 3.8) is 0 Å². The van der Waals surface area contributed by atoms with E-state index < -0.39 is 9.84 Å². The van der Waals surface area contributed by atoms with Crippen molar-refractivity contribution in [2.24, 2.45) is 5.92 Å². The van der Waals surface area contributed by atoms with E-state index in [1.807, 2.05) is 12.1 Å². The number of thiophene rings is 1. The lowest BCUT2D eigenvalue weighted by atomic mass is 9.85. The van der Waals surface area contributed by atoms with Gasteiger partial charge < -0.3 is 0 Å². The molecule has 1 fully saturated rings. The van der Waals surface area contributed by atoms with Gasteiger partial charge in [0.25, 0.3) is 0 Å². The molecule has 0 amide bonds. The summed E-state index contributed by atoms with van der Waals surface area (Å²) in [6, 6.07) is 3.88. The van der Waals surface area contributed by atoms with E-state index in [9.17, 15) is 13.2 Å². The highest BCUT2D eigenvalue weighted by atomic mass is 32.2. The number of carbonyl (C=O) groups is 1. The van der Waals surface area contributed by atoms with Gasteiger partial charge in [-0.15, -0.1) is 11.3 Å². The molecular formula is C14H20O3S2. The molecule has 0 radical (unpaired) electrons. The molecule has 0 saturated heterocycles. The summed E-state index contributed by atoms with van der Waals surface area (Å²) in [7, 11) is -3.02. The third-order valence-corrected chi connectivity index (χ3v) is 6.74. The number of Topliss-reactive ketones (excluding diaryl/α,β-unsaturated/α-hetero) is 1. The minimum absolute atomic E-state index is 0.114. The van der Waals surface area contributed by atoms with Crippen molar-refractivity contribution < 1.29 is 13.2 Å². The fraction of sp³-hybridized carbons (Fsp3) is 0.643. The molecule has 0 spiro atoms. The highest BCUT2D eigenvalue weighted by molar-refractivity contribution is 7.91. The van der Waals surface area contributed by atoms with Crippen LogP contribution >= 0.6 is 11.3 Å². The Labute approximate surface area is 119 Å². The van der Waals surface area contributed by atoms with Crippen LogP contribution in [0, 0.1) is 5.92 Å². The average molecular weight is 300 g/mol. The molecule has 5 heteroatoms. The highest BCUT2D eigenvalue weighted by Crippen LogP contribution is 2.32. The summed E-state index contributed by atoms with van der Waals surface area (Å²) in [5.74, 6) is 0.0230. The van der Waals surface area contributed by atoms with Crippen LogP contribution in [0.5, 0.6) is 0 Å². The van der Waals surface area contributed by atoms with Crippen LogP contribution in [0.1, 0.15) is 47.2 Å². The second kappa shape index (κ2) is 5.75. The maximum atomic E-state index is 12.4. The number of ketones is 1. The second-order valence-electron chi connectivity index (χ2n) is 5.30. The first-order valence-electron chi connectivity index (χ1n) is 6.73. The van der Waals surface area contributed by atoms with Crippen LogP contribution in [-0.4, -0.2) is 25.7 Å². The number of hydrogen-bond acceptors (Lipinski definition) is 4. The minimum Gasteiger partial charge on any atom is -0.293 e. The summed E-state index contributed by atoms with van der Waals surface area (Å²) < 4.78 is 23.3. The first-order chi connectivity index (χ1) is 8.91. The molecule has 1 heterocycles. The molecule has 0 aromatic carbocycles. The second-order valence-corrected chi connectivity index (χ2v) is 8.79. The topological polar surface area (TPSA) is 51.2 Å². The van der Waals surface area contributed by atoms with Crippen molar-refractivity contribution in [2.75, 3.05) is 6.26 Å². The highest BCUT2D eigenvalue weighted by Gasteiger charge is 2.33. The van der Waals surface area contributed by atoms with E-state index >= 15 is 0 Å². The van der Waals surface area contributed by atoms with Gasteiger partial charge in [0.15, 0.2) is 5.78 Å². The van der Waals surface area contributed by atoms with Gasteiger partial charge in [0.1, 0.15) is 9.84 Å². The van der Waals surface area contributed by atoms with Crippen molar-refractivity contribution >= 4 is 27.0 Å². The van der Waals surface area contributed by atoms with E-state index in [2.05, 4.69) is 6.92 Å². The number of sulfone groups is 1. The Kier molecular flexibility index (Phi) is 4.46. The molecule has 106 valence electrons. The van der Waals surface area contributed by atoms with Crippen LogP contribution in [0.4, 0.5) is 0 Å². The predicted octanol–water partition coefficient (Wildman–Crippen LogP) is 3.10. The Morgan fingerprint density at radius 3 is 2.68 bits per heavy atom. The van der Waals surface area contributed by atoms with Crippen molar-refractivity contribution in [3.8, 4) is 0 Å². The lowest BCUT2D eigenvalue weighted by Gasteiger charge is -2.26. The molecule has 1 aromatic rings. The summed E-state index contributed by atoms with van der Waals surface area (Å²) in [6.45, 7) is 2.07. The molecule has 2 rings (SSSR count). The third-order valence-electron chi connectivity index (χ3n) is 3.86. The van der Waals surface area contributed by atoms with Gasteiger partial charge >= 0.3 is 0 Å². The number of carbonyl (C=O) groups excluding carboxylic acids is 1. The fourth-order valence-electron chi connectivity index (χ4n) is 2.67. The molecule has 0 aliphatic heterocycles. The molecular weight excluding hydrogens is 280 g/mol. The van der Waals surface area contributed by atoms with Crippen LogP contribution in [0.15, 0.2) is 12.1 Å². The van der Waals surface area contributed by atoms with Gasteiger partial charge in [-0.2, -0.15) is 0 Å². The van der Waals surface area contributed by atoms with Gasteiger partial charge in [0.05, 0.1) is 10.1 Å². The standard InChI is InChI=1S/C14H20O3S2/c1-3-11-7-8-13(18-11)14(15)10-5-4-6-12(9-10)19(2,16)17/h7-8,10,12H,3-6,9H2,1-2H3. The lowest BCUT2D eigenvalue weighted by molar-refractivity contribution is 0.0895. The van der Waals surface area contributed by atoms with Crippen molar-refractivity contribution in [2.45, 2.75) is 44.3 Å². The maximum absolute atomic E-state index is 12.4. The lowest BCUT2D eigenvalue weighted by Crippen LogP contribution is -2.30. The van der Waals surface area contributed by atoms with Crippen LogP contribution in [0.3, 0.4) is 0 Å². The monoisotopic (exact) mass is 300 g/mol. The van der Waals surface area contributed by atoms with Crippen molar-refractivity contribution in [1.82, 2.24) is 0 Å². The first kappa shape index (κ1) is 14.7. The van der Waals surface area contributed by atoms with Crippen LogP contribution in [-0.2, 0) is 16.3 Å². The predicted molar refractivity (Wildman–Crippen MR) is 78.6 cm³/mol. The maximum Gasteiger partial charge on any atom is 0.175 e. The van der Waals surface area contributed by atoms with E-state index in [1.54, 1.807) is 11.3 Å². The molecule has 3 nitrogen and oxygen atoms in total. The Bertz CT molecular complexity index is 557. The molecule has 2 atom stereocenters. The number of hydrogen-bond donors (Lipinski definition) is 0. The zero-order chi connectivity index (χ0) is 14.0. The average Bonchev–Trinajstić information content (AvgIpc) is 2.86. The molecule has 2 unspecified atom stereocenters. The summed E-state index contributed by atoms with van der Waals surface area (Å²) >= 11 is 1.54. The summed E-state index contributed by atoms with van der Waals surface area (Å²) in [5.41, 5.74) is 0. The van der Waals surface area contributed by atoms with Gasteiger partial charge in [-0.1, -0.05) is 13.3 Å². The Hall–Kier alpha value is -0.680. The Morgan fingerprint density at radius 1 is 1.37 bits per heavy atom. The normalized spacial score (nSPS) is 24.3. The zero-order valence-corrected chi connectivity index (χ0v) is 13.0. The van der Waals surface area contributed by atoms with Crippen LogP contribution < -0.4 is 0 Å². The molecule has 1 aliphatic carbocycles. The van der Waals surface area contributed by atoms with E-state index in [0.717, 1.165) is 24.1 Å². The van der Waals surface area contributed by atoms with Crippen LogP contribution in [0.25, 0.3) is 0 Å². The number of rotatable bonds is 4. The Morgan fingerprint density at radius 2 is 2.11 bits per heavy atom. The molecule has 1 saturated carbocycles. The zero-order valence-electron chi connectivity index (χ0n) is 11.4. The van der Waals surface area contributed by atoms with Gasteiger partial charge in [-0.25, -0.2) is 8.42 Å². The third kappa shape index (κ3) is 3.45. The summed E-state index contributed by atoms with van der Waals surface area (Å²) in [4.78, 5) is 14.4. The van der Waals surface area contributed by atoms with E-state index in [0.29, 0.717) is 12.8 Å². The SMILES string of the molecule is CCc1ccc(C(=O)C2CCCC(S(C)(=O)=O)C2)s1. The Balaban J connectivity index is 2.11. The summed E-state index contributed by atoms with van der Waals surface area (Å²) in [5, 5.41) is -0.333. The summed E-state index contributed by atoms with van der Waals surface area (Å²) in [6.07, 6.45) is 5.08. The quantitative estimate of drug-likeness (QED) is 0.803. The van der Waals surface area contributed by atoms with Gasteiger partial charge in [-0.3, -0.25) is 4.79 Å². The van der Waals surface area contributed by atoms with Gasteiger partial charge in [0.2, 0.25) is 0 Å². The van der Waals surface area contributed by atoms with E-state index in [4.69, 9.17) is 0 Å². The fourth-order valence-corrected chi connectivity index (χ4v) is 4.82. The van der Waals surface area contributed by atoms with E-state index in [1.165, 1.54) is 11.1 Å². The molecule has 0 bridgehead atoms. The molecule has 0 N–H and O–H groups in total. The van der Waals surface area contributed by atoms with Crippen molar-refractivity contribution in [3.05, 3.63) is 21.9 Å². The molecule has 19 heavy (non-hydrogen) atoms. The largest absolute Gasteiger partial charge is 0.293 e. The van der Waals surface area contributed by atoms with Gasteiger partial charge in [-0.05, 0) is 37.8 Å². The number of aryl methyl sites for hydroxylation is 1.